The van der Waals surface area contributed by atoms with E-state index < -0.39 is 5.97 Å². The molecule has 0 aliphatic heterocycles. The van der Waals surface area contributed by atoms with E-state index in [4.69, 9.17) is 0 Å². The molecule has 0 saturated heterocycles. The first-order chi connectivity index (χ1) is 11.6. The maximum Gasteiger partial charge on any atom is 0.168 e. The number of carbonyl (C=O) groups excluding carboxylic acids is 1. The van der Waals surface area contributed by atoms with Gasteiger partial charge in [0.05, 0.1) is 5.97 Å². The molecule has 0 radical (unpaired) electrons. The SMILES string of the molecule is C=C(C)C(=O)[O-].CCCCCCCCCCCC[n+]1ccccc1. The maximum absolute atomic E-state index is 9.49. The Labute approximate surface area is 148 Å². The van der Waals surface area contributed by atoms with Crippen molar-refractivity contribution in [3.63, 3.8) is 0 Å². The smallest absolute Gasteiger partial charge is 0.168 e. The van der Waals surface area contributed by atoms with Gasteiger partial charge in [0, 0.05) is 18.6 Å². The highest BCUT2D eigenvalue weighted by atomic mass is 16.4. The maximum atomic E-state index is 9.49. The van der Waals surface area contributed by atoms with Crippen LogP contribution < -0.4 is 9.67 Å². The largest absolute Gasteiger partial charge is 0.545 e. The second-order valence-corrected chi connectivity index (χ2v) is 6.36. The molecule has 0 fully saturated rings. The number of carbonyl (C=O) groups is 1. The first-order valence-electron chi connectivity index (χ1n) is 9.38. The van der Waals surface area contributed by atoms with Crippen LogP contribution in [0.4, 0.5) is 0 Å². The minimum absolute atomic E-state index is 0.0648. The van der Waals surface area contributed by atoms with Crippen molar-refractivity contribution in [3.8, 4) is 0 Å². The van der Waals surface area contributed by atoms with Crippen LogP contribution in [0.15, 0.2) is 42.7 Å². The third kappa shape index (κ3) is 15.3. The van der Waals surface area contributed by atoms with Crippen molar-refractivity contribution < 1.29 is 14.5 Å². The van der Waals surface area contributed by atoms with Gasteiger partial charge in [0.15, 0.2) is 12.4 Å². The molecule has 1 aromatic rings. The second-order valence-electron chi connectivity index (χ2n) is 6.36. The first kappa shape index (κ1) is 22.4. The van der Waals surface area contributed by atoms with Crippen LogP contribution in [-0.4, -0.2) is 5.97 Å². The summed E-state index contributed by atoms with van der Waals surface area (Å²) < 4.78 is 2.28. The van der Waals surface area contributed by atoms with E-state index in [1.807, 2.05) is 0 Å². The Hall–Kier alpha value is -1.64. The van der Waals surface area contributed by atoms with Gasteiger partial charge in [-0.1, -0.05) is 70.9 Å². The number of aliphatic carboxylic acids is 1. The van der Waals surface area contributed by atoms with Gasteiger partial charge in [-0.15, -0.1) is 0 Å². The van der Waals surface area contributed by atoms with Crippen LogP contribution in [0.3, 0.4) is 0 Å². The van der Waals surface area contributed by atoms with E-state index in [2.05, 4.69) is 48.7 Å². The number of pyridine rings is 1. The van der Waals surface area contributed by atoms with Crippen LogP contribution in [0.5, 0.6) is 0 Å². The number of rotatable bonds is 12. The summed E-state index contributed by atoms with van der Waals surface area (Å²) in [5.74, 6) is -1.19. The number of nitrogens with zero attached hydrogens (tertiary/aromatic N) is 1. The highest BCUT2D eigenvalue weighted by Gasteiger charge is 1.97. The Kier molecular flexibility index (Phi) is 15.1. The van der Waals surface area contributed by atoms with E-state index in [-0.39, 0.29) is 5.57 Å². The molecule has 0 atom stereocenters. The molecule has 1 heterocycles. The van der Waals surface area contributed by atoms with Crippen LogP contribution in [0.25, 0.3) is 0 Å². The highest BCUT2D eigenvalue weighted by molar-refractivity contribution is 5.82. The molecule has 1 rings (SSSR count). The standard InChI is InChI=1S/C17H30N.C4H6O2/c1-2-3-4-5-6-7-8-9-10-12-15-18-16-13-11-14-17-18;1-3(2)4(5)6/h11,13-14,16-17H,2-10,12,15H2,1H3;1H2,2H3,(H,5,6)/q+1;/p-1. The van der Waals surface area contributed by atoms with Crippen molar-refractivity contribution in [2.24, 2.45) is 0 Å². The Bertz CT molecular complexity index is 417. The Morgan fingerprint density at radius 2 is 1.29 bits per heavy atom. The number of aryl methyl sites for hydroxylation is 1. The predicted octanol–water partition coefficient (Wildman–Crippen LogP) is 4.21. The second kappa shape index (κ2) is 16.2. The summed E-state index contributed by atoms with van der Waals surface area (Å²) in [5.41, 5.74) is 0.0648. The number of unbranched alkanes of at least 4 members (excludes halogenated alkanes) is 9. The molecule has 0 spiro atoms. The molecule has 136 valence electrons. The summed E-state index contributed by atoms with van der Waals surface area (Å²) in [6.45, 7) is 7.94. The zero-order valence-corrected chi connectivity index (χ0v) is 15.6. The van der Waals surface area contributed by atoms with E-state index in [1.54, 1.807) is 0 Å². The average Bonchev–Trinajstić information content (AvgIpc) is 2.58. The first-order valence-corrected chi connectivity index (χ1v) is 9.38. The summed E-state index contributed by atoms with van der Waals surface area (Å²) in [4.78, 5) is 9.49. The average molecular weight is 334 g/mol. The van der Waals surface area contributed by atoms with Crippen molar-refractivity contribution >= 4 is 5.97 Å². The van der Waals surface area contributed by atoms with Gasteiger partial charge in [0.2, 0.25) is 0 Å². The molecule has 0 aromatic carbocycles. The molecule has 24 heavy (non-hydrogen) atoms. The van der Waals surface area contributed by atoms with Gasteiger partial charge in [-0.3, -0.25) is 0 Å². The van der Waals surface area contributed by atoms with E-state index in [1.165, 1.54) is 77.7 Å². The third-order valence-electron chi connectivity index (χ3n) is 3.90. The lowest BCUT2D eigenvalue weighted by molar-refractivity contribution is -0.697. The van der Waals surface area contributed by atoms with E-state index in [9.17, 15) is 9.90 Å². The number of hydrogen-bond donors (Lipinski definition) is 0. The Morgan fingerprint density at radius 3 is 1.71 bits per heavy atom. The summed E-state index contributed by atoms with van der Waals surface area (Å²) >= 11 is 0. The highest BCUT2D eigenvalue weighted by Crippen LogP contribution is 2.10. The van der Waals surface area contributed by atoms with Crippen LogP contribution in [0, 0.1) is 0 Å². The lowest BCUT2D eigenvalue weighted by atomic mass is 10.1. The van der Waals surface area contributed by atoms with Crippen LogP contribution in [-0.2, 0) is 11.3 Å². The molecule has 3 heteroatoms. The molecule has 0 N–H and O–H groups in total. The molecule has 0 aliphatic rings. The summed E-state index contributed by atoms with van der Waals surface area (Å²) in [6.07, 6.45) is 18.5. The number of hydrogen-bond acceptors (Lipinski definition) is 2. The van der Waals surface area contributed by atoms with Gasteiger partial charge >= 0.3 is 0 Å². The molecule has 3 nitrogen and oxygen atoms in total. The van der Waals surface area contributed by atoms with E-state index in [0.717, 1.165) is 0 Å². The summed E-state index contributed by atoms with van der Waals surface area (Å²) in [6, 6.07) is 6.29. The monoisotopic (exact) mass is 333 g/mol. The van der Waals surface area contributed by atoms with Crippen molar-refractivity contribution in [1.29, 1.82) is 0 Å². The topological polar surface area (TPSA) is 44.0 Å². The van der Waals surface area contributed by atoms with Gasteiger partial charge in [-0.2, -0.15) is 0 Å². The fourth-order valence-corrected chi connectivity index (χ4v) is 2.37. The zero-order chi connectivity index (χ0) is 18.0. The number of aromatic nitrogens is 1. The van der Waals surface area contributed by atoms with Crippen molar-refractivity contribution in [2.45, 2.75) is 84.6 Å². The minimum Gasteiger partial charge on any atom is -0.545 e. The van der Waals surface area contributed by atoms with Crippen LogP contribution >= 0.6 is 0 Å². The Balaban J connectivity index is 0.000000754. The zero-order valence-electron chi connectivity index (χ0n) is 15.6. The van der Waals surface area contributed by atoms with Gasteiger partial charge in [-0.25, -0.2) is 4.57 Å². The molecule has 0 aliphatic carbocycles. The molecular weight excluding hydrogens is 298 g/mol. The van der Waals surface area contributed by atoms with Gasteiger partial charge in [0.25, 0.3) is 0 Å². The Morgan fingerprint density at radius 1 is 0.875 bits per heavy atom. The van der Waals surface area contributed by atoms with Crippen LogP contribution in [0.1, 0.15) is 78.1 Å². The fourth-order valence-electron chi connectivity index (χ4n) is 2.37. The normalized spacial score (nSPS) is 9.92. The molecule has 0 amide bonds. The number of carboxylic acid groups (broad SMARTS) is 1. The molecule has 0 unspecified atom stereocenters. The summed E-state index contributed by atoms with van der Waals surface area (Å²) in [7, 11) is 0. The van der Waals surface area contributed by atoms with Crippen LogP contribution in [0.2, 0.25) is 0 Å². The molecule has 0 bridgehead atoms. The van der Waals surface area contributed by atoms with Gasteiger partial charge < -0.3 is 9.90 Å². The lowest BCUT2D eigenvalue weighted by Gasteiger charge is -2.01. The van der Waals surface area contributed by atoms with E-state index in [0.29, 0.717) is 0 Å². The van der Waals surface area contributed by atoms with Gasteiger partial charge in [0.1, 0.15) is 6.54 Å². The number of carboxylic acids is 1. The predicted molar refractivity (Wildman–Crippen MR) is 98.3 cm³/mol. The molecular formula is C21H35NO2. The fraction of sp³-hybridized carbons (Fsp3) is 0.619. The van der Waals surface area contributed by atoms with E-state index >= 15 is 0 Å². The minimum atomic E-state index is -1.19. The van der Waals surface area contributed by atoms with Crippen molar-refractivity contribution in [3.05, 3.63) is 42.7 Å². The molecule has 1 aromatic heterocycles. The van der Waals surface area contributed by atoms with Crippen molar-refractivity contribution in [2.75, 3.05) is 0 Å². The quantitative estimate of drug-likeness (QED) is 0.327. The summed E-state index contributed by atoms with van der Waals surface area (Å²) in [5, 5.41) is 9.49. The van der Waals surface area contributed by atoms with Crippen molar-refractivity contribution in [1.82, 2.24) is 0 Å². The third-order valence-corrected chi connectivity index (χ3v) is 3.90. The molecule has 0 saturated carbocycles. The lowest BCUT2D eigenvalue weighted by Crippen LogP contribution is -2.32. The van der Waals surface area contributed by atoms with Gasteiger partial charge in [-0.05, 0) is 18.9 Å².